The molecule has 1 amide bonds. The highest BCUT2D eigenvalue weighted by Crippen LogP contribution is 2.32. The van der Waals surface area contributed by atoms with Crippen molar-refractivity contribution in [3.8, 4) is 0 Å². The molecule has 0 unspecified atom stereocenters. The maximum absolute atomic E-state index is 11.6. The fraction of sp³-hybridized carbons (Fsp3) is 0.286. The molecule has 0 bridgehead atoms. The van der Waals surface area contributed by atoms with Crippen molar-refractivity contribution in [1.29, 1.82) is 0 Å². The third-order valence-corrected chi connectivity index (χ3v) is 4.03. The molecule has 0 saturated carbocycles. The van der Waals surface area contributed by atoms with Gasteiger partial charge in [0.2, 0.25) is 5.91 Å². The van der Waals surface area contributed by atoms with Crippen molar-refractivity contribution in [2.45, 2.75) is 20.0 Å². The first-order valence-electron chi connectivity index (χ1n) is 6.06. The minimum absolute atomic E-state index is 0.255. The fourth-order valence-corrected chi connectivity index (χ4v) is 2.68. The van der Waals surface area contributed by atoms with Crippen molar-refractivity contribution in [2.75, 3.05) is 6.61 Å². The minimum Gasteiger partial charge on any atom is -0.387 e. The van der Waals surface area contributed by atoms with Crippen molar-refractivity contribution >= 4 is 28.4 Å². The molecule has 3 rings (SSSR count). The highest BCUT2D eigenvalue weighted by molar-refractivity contribution is 6.32. The molecule has 2 heterocycles. The molecule has 98 valence electrons. The Morgan fingerprint density at radius 2 is 2.26 bits per heavy atom. The number of carbonyl (C=O) groups excluding carboxylic acids is 1. The normalized spacial score (nSPS) is 13.9. The molecule has 1 aliphatic rings. The number of hydrogen-bond acceptors (Lipinski definition) is 3. The molecule has 0 fully saturated rings. The molecule has 19 heavy (non-hydrogen) atoms. The molecule has 1 aromatic heterocycles. The lowest BCUT2D eigenvalue weighted by molar-refractivity contribution is -0.134. The molecule has 2 aromatic rings. The topological polar surface area (TPSA) is 53.4 Å². The molecule has 1 N–H and O–H groups in total. The Hall–Kier alpha value is -1.65. The summed E-state index contributed by atoms with van der Waals surface area (Å²) in [5, 5.41) is 10.7. The standard InChI is InChI=1S/C14H13ClN2O2/c1-8-12(15)3-2-10-11-6-17(13(19)7-18)5-9(11)4-16-14(8)10/h2-4,18H,5-7H2,1H3. The molecular formula is C14H13ClN2O2. The van der Waals surface area contributed by atoms with Gasteiger partial charge in [-0.25, -0.2) is 0 Å². The average Bonchev–Trinajstić information content (AvgIpc) is 2.86. The molecule has 1 aliphatic heterocycles. The Kier molecular flexibility index (Phi) is 2.92. The number of fused-ring (bicyclic) bond motifs is 3. The smallest absolute Gasteiger partial charge is 0.248 e. The van der Waals surface area contributed by atoms with Crippen molar-refractivity contribution in [3.63, 3.8) is 0 Å². The summed E-state index contributed by atoms with van der Waals surface area (Å²) < 4.78 is 0. The first-order chi connectivity index (χ1) is 9.11. The lowest BCUT2D eigenvalue weighted by atomic mass is 10.0. The fourth-order valence-electron chi connectivity index (χ4n) is 2.53. The van der Waals surface area contributed by atoms with Gasteiger partial charge in [-0.05, 0) is 29.7 Å². The van der Waals surface area contributed by atoms with Gasteiger partial charge in [0, 0.05) is 29.7 Å². The van der Waals surface area contributed by atoms with Crippen LogP contribution in [0.5, 0.6) is 0 Å². The van der Waals surface area contributed by atoms with E-state index < -0.39 is 6.61 Å². The van der Waals surface area contributed by atoms with Gasteiger partial charge < -0.3 is 10.0 Å². The zero-order chi connectivity index (χ0) is 13.6. The number of halogens is 1. The van der Waals surface area contributed by atoms with E-state index in [1.807, 2.05) is 19.1 Å². The summed E-state index contributed by atoms with van der Waals surface area (Å²) in [7, 11) is 0. The van der Waals surface area contributed by atoms with Crippen LogP contribution < -0.4 is 0 Å². The Morgan fingerprint density at radius 1 is 1.47 bits per heavy atom. The number of hydrogen-bond donors (Lipinski definition) is 1. The first kappa shape index (κ1) is 12.4. The van der Waals surface area contributed by atoms with Crippen molar-refractivity contribution in [2.24, 2.45) is 0 Å². The van der Waals surface area contributed by atoms with E-state index in [1.54, 1.807) is 11.1 Å². The number of aryl methyl sites for hydroxylation is 1. The first-order valence-corrected chi connectivity index (χ1v) is 6.44. The Morgan fingerprint density at radius 3 is 3.00 bits per heavy atom. The van der Waals surface area contributed by atoms with Gasteiger partial charge in [-0.15, -0.1) is 0 Å². The van der Waals surface area contributed by atoms with E-state index in [2.05, 4.69) is 4.98 Å². The average molecular weight is 277 g/mol. The number of aromatic nitrogens is 1. The number of rotatable bonds is 1. The van der Waals surface area contributed by atoms with Crippen LogP contribution in [0.3, 0.4) is 0 Å². The van der Waals surface area contributed by atoms with Crippen LogP contribution in [0.1, 0.15) is 16.7 Å². The third kappa shape index (κ3) is 1.88. The molecule has 0 radical (unpaired) electrons. The van der Waals surface area contributed by atoms with Crippen LogP contribution in [0.2, 0.25) is 5.02 Å². The summed E-state index contributed by atoms with van der Waals surface area (Å²) in [6, 6.07) is 3.81. The minimum atomic E-state index is -0.454. The molecule has 0 aliphatic carbocycles. The monoisotopic (exact) mass is 276 g/mol. The van der Waals surface area contributed by atoms with E-state index in [0.717, 1.165) is 27.6 Å². The highest BCUT2D eigenvalue weighted by atomic mass is 35.5. The molecule has 0 spiro atoms. The Balaban J connectivity index is 2.13. The van der Waals surface area contributed by atoms with Crippen molar-refractivity contribution < 1.29 is 9.90 Å². The molecule has 4 nitrogen and oxygen atoms in total. The zero-order valence-electron chi connectivity index (χ0n) is 10.5. The Bertz CT molecular complexity index is 685. The molecule has 1 aromatic carbocycles. The molecule has 5 heteroatoms. The van der Waals surface area contributed by atoms with Crippen LogP contribution in [0, 0.1) is 6.92 Å². The highest BCUT2D eigenvalue weighted by Gasteiger charge is 2.25. The van der Waals surface area contributed by atoms with E-state index in [9.17, 15) is 4.79 Å². The van der Waals surface area contributed by atoms with Crippen LogP contribution in [0.15, 0.2) is 18.3 Å². The van der Waals surface area contributed by atoms with Crippen LogP contribution in [-0.4, -0.2) is 27.5 Å². The van der Waals surface area contributed by atoms with E-state index >= 15 is 0 Å². The van der Waals surface area contributed by atoms with E-state index in [4.69, 9.17) is 16.7 Å². The van der Waals surface area contributed by atoms with E-state index in [1.165, 1.54) is 0 Å². The van der Waals surface area contributed by atoms with Crippen LogP contribution in [-0.2, 0) is 17.9 Å². The predicted molar refractivity (Wildman–Crippen MR) is 72.8 cm³/mol. The van der Waals surface area contributed by atoms with Crippen LogP contribution in [0.25, 0.3) is 10.9 Å². The summed E-state index contributed by atoms with van der Waals surface area (Å²) in [4.78, 5) is 17.7. The molecular weight excluding hydrogens is 264 g/mol. The van der Waals surface area contributed by atoms with Gasteiger partial charge in [-0.2, -0.15) is 0 Å². The second-order valence-electron chi connectivity index (χ2n) is 4.74. The van der Waals surface area contributed by atoms with Crippen molar-refractivity contribution in [1.82, 2.24) is 9.88 Å². The summed E-state index contributed by atoms with van der Waals surface area (Å²) in [6.45, 7) is 2.52. The number of aliphatic hydroxyl groups is 1. The number of pyridine rings is 1. The quantitative estimate of drug-likeness (QED) is 0.867. The summed E-state index contributed by atoms with van der Waals surface area (Å²) in [5.74, 6) is -0.255. The van der Waals surface area contributed by atoms with Crippen LogP contribution >= 0.6 is 11.6 Å². The SMILES string of the molecule is Cc1c(Cl)ccc2c3c(cnc12)CN(C(=O)CO)C3. The van der Waals surface area contributed by atoms with Gasteiger partial charge in [0.1, 0.15) is 6.61 Å². The summed E-state index contributed by atoms with van der Waals surface area (Å²) >= 11 is 6.10. The van der Waals surface area contributed by atoms with Gasteiger partial charge in [-0.3, -0.25) is 9.78 Å². The summed E-state index contributed by atoms with van der Waals surface area (Å²) in [5.41, 5.74) is 3.97. The number of benzene rings is 1. The number of carbonyl (C=O) groups is 1. The van der Waals surface area contributed by atoms with Gasteiger partial charge in [0.25, 0.3) is 0 Å². The number of nitrogens with zero attached hydrogens (tertiary/aromatic N) is 2. The Labute approximate surface area is 115 Å². The summed E-state index contributed by atoms with van der Waals surface area (Å²) in [6.07, 6.45) is 1.80. The lowest BCUT2D eigenvalue weighted by Crippen LogP contribution is -2.27. The van der Waals surface area contributed by atoms with Crippen molar-refractivity contribution in [3.05, 3.63) is 40.0 Å². The third-order valence-electron chi connectivity index (χ3n) is 3.63. The molecule has 0 atom stereocenters. The van der Waals surface area contributed by atoms with E-state index in [0.29, 0.717) is 18.1 Å². The second kappa shape index (κ2) is 4.47. The van der Waals surface area contributed by atoms with Gasteiger partial charge >= 0.3 is 0 Å². The second-order valence-corrected chi connectivity index (χ2v) is 5.15. The lowest BCUT2D eigenvalue weighted by Gasteiger charge is -2.13. The molecule has 0 saturated heterocycles. The maximum Gasteiger partial charge on any atom is 0.248 e. The van der Waals surface area contributed by atoms with Gasteiger partial charge in [-0.1, -0.05) is 17.7 Å². The van der Waals surface area contributed by atoms with Gasteiger partial charge in [0.05, 0.1) is 5.52 Å². The largest absolute Gasteiger partial charge is 0.387 e. The number of aliphatic hydroxyl groups excluding tert-OH is 1. The predicted octanol–water partition coefficient (Wildman–Crippen LogP) is 2.03. The number of amides is 1. The maximum atomic E-state index is 11.6. The van der Waals surface area contributed by atoms with Crippen LogP contribution in [0.4, 0.5) is 0 Å². The van der Waals surface area contributed by atoms with E-state index in [-0.39, 0.29) is 5.91 Å². The zero-order valence-corrected chi connectivity index (χ0v) is 11.2. The van der Waals surface area contributed by atoms with Gasteiger partial charge in [0.15, 0.2) is 0 Å².